The Morgan fingerprint density at radius 2 is 1.48 bits per heavy atom. The molecule has 0 saturated carbocycles. The smallest absolute Gasteiger partial charge is 0.220 e. The quantitative estimate of drug-likeness (QED) is 0.504. The predicted molar refractivity (Wildman–Crippen MR) is 96.7 cm³/mol. The van der Waals surface area contributed by atoms with Gasteiger partial charge in [-0.3, -0.25) is 4.79 Å². The molecule has 1 amide bonds. The fourth-order valence-electron chi connectivity index (χ4n) is 2.69. The van der Waals surface area contributed by atoms with Crippen LogP contribution in [0.15, 0.2) is 24.3 Å². The maximum absolute atomic E-state index is 11.7. The summed E-state index contributed by atoms with van der Waals surface area (Å²) in [5.74, 6) is 0.440. The first-order valence-corrected chi connectivity index (χ1v) is 9.27. The number of amides is 1. The second kappa shape index (κ2) is 13.0. The van der Waals surface area contributed by atoms with Crippen LogP contribution in [-0.4, -0.2) is 17.6 Å². The van der Waals surface area contributed by atoms with E-state index >= 15 is 0 Å². The Labute approximate surface area is 141 Å². The summed E-state index contributed by atoms with van der Waals surface area (Å²) in [5.41, 5.74) is 1.13. The third-order valence-corrected chi connectivity index (χ3v) is 4.18. The molecule has 0 aliphatic heterocycles. The Hall–Kier alpha value is -1.51. The molecule has 3 nitrogen and oxygen atoms in total. The number of nitrogens with one attached hydrogen (secondary N) is 1. The monoisotopic (exact) mass is 319 g/mol. The van der Waals surface area contributed by atoms with Gasteiger partial charge in [0.15, 0.2) is 0 Å². The standard InChI is InChI=1S/C20H33NO2/c1-2-3-4-5-6-7-8-9-10-11-20(23)21-17-16-18-12-14-19(22)15-13-18/h12-15,22H,2-11,16-17H2,1H3,(H,21,23). The molecule has 1 aromatic carbocycles. The molecule has 0 aromatic heterocycles. The van der Waals surface area contributed by atoms with Crippen molar-refractivity contribution in [2.75, 3.05) is 6.54 Å². The van der Waals surface area contributed by atoms with E-state index in [1.54, 1.807) is 12.1 Å². The van der Waals surface area contributed by atoms with Crippen molar-refractivity contribution in [1.29, 1.82) is 0 Å². The number of hydrogen-bond donors (Lipinski definition) is 2. The largest absolute Gasteiger partial charge is 0.508 e. The first kappa shape index (κ1) is 19.5. The summed E-state index contributed by atoms with van der Waals surface area (Å²) in [4.78, 5) is 11.7. The van der Waals surface area contributed by atoms with Gasteiger partial charge in [-0.15, -0.1) is 0 Å². The van der Waals surface area contributed by atoms with Crippen LogP contribution in [0.3, 0.4) is 0 Å². The van der Waals surface area contributed by atoms with Gasteiger partial charge in [0.25, 0.3) is 0 Å². The molecule has 130 valence electrons. The van der Waals surface area contributed by atoms with Crippen LogP contribution in [0.25, 0.3) is 0 Å². The SMILES string of the molecule is CCCCCCCCCCCC(=O)NCCc1ccc(O)cc1. The molecule has 0 aliphatic carbocycles. The second-order valence-corrected chi connectivity index (χ2v) is 6.34. The molecule has 0 aliphatic rings. The van der Waals surface area contributed by atoms with Gasteiger partial charge in [-0.05, 0) is 30.5 Å². The van der Waals surface area contributed by atoms with Crippen LogP contribution in [-0.2, 0) is 11.2 Å². The van der Waals surface area contributed by atoms with E-state index in [0.717, 1.165) is 18.4 Å². The lowest BCUT2D eigenvalue weighted by molar-refractivity contribution is -0.121. The van der Waals surface area contributed by atoms with Crippen LogP contribution in [0.4, 0.5) is 0 Å². The third kappa shape index (κ3) is 10.8. The van der Waals surface area contributed by atoms with Crippen molar-refractivity contribution in [3.05, 3.63) is 29.8 Å². The molecule has 0 atom stereocenters. The molecule has 2 N–H and O–H groups in total. The fourth-order valence-corrected chi connectivity index (χ4v) is 2.69. The zero-order valence-corrected chi connectivity index (χ0v) is 14.7. The summed E-state index contributed by atoms with van der Waals surface area (Å²) in [6.45, 7) is 2.91. The van der Waals surface area contributed by atoms with Gasteiger partial charge in [-0.2, -0.15) is 0 Å². The van der Waals surface area contributed by atoms with Gasteiger partial charge < -0.3 is 10.4 Å². The number of phenols is 1. The molecule has 0 radical (unpaired) electrons. The van der Waals surface area contributed by atoms with Crippen molar-refractivity contribution < 1.29 is 9.90 Å². The molecule has 3 heteroatoms. The zero-order chi connectivity index (χ0) is 16.8. The summed E-state index contributed by atoms with van der Waals surface area (Å²) in [5, 5.41) is 12.2. The van der Waals surface area contributed by atoms with Crippen LogP contribution in [0, 0.1) is 0 Å². The van der Waals surface area contributed by atoms with Gasteiger partial charge in [0, 0.05) is 13.0 Å². The van der Waals surface area contributed by atoms with Gasteiger partial charge >= 0.3 is 0 Å². The molecule has 0 saturated heterocycles. The Morgan fingerprint density at radius 3 is 2.09 bits per heavy atom. The van der Waals surface area contributed by atoms with E-state index in [4.69, 9.17) is 0 Å². The number of carbonyl (C=O) groups excluding carboxylic acids is 1. The van der Waals surface area contributed by atoms with E-state index in [2.05, 4.69) is 12.2 Å². The number of rotatable bonds is 13. The van der Waals surface area contributed by atoms with Crippen LogP contribution >= 0.6 is 0 Å². The summed E-state index contributed by atoms with van der Waals surface area (Å²) in [6, 6.07) is 7.14. The van der Waals surface area contributed by atoms with Crippen molar-refractivity contribution in [1.82, 2.24) is 5.32 Å². The summed E-state index contributed by atoms with van der Waals surface area (Å²) < 4.78 is 0. The Kier molecular flexibility index (Phi) is 11.0. The average Bonchev–Trinajstić information content (AvgIpc) is 2.55. The number of benzene rings is 1. The Morgan fingerprint density at radius 1 is 0.913 bits per heavy atom. The van der Waals surface area contributed by atoms with Crippen LogP contribution in [0.2, 0.25) is 0 Å². The molecule has 0 heterocycles. The zero-order valence-electron chi connectivity index (χ0n) is 14.7. The minimum absolute atomic E-state index is 0.159. The predicted octanol–water partition coefficient (Wildman–Crippen LogP) is 4.97. The first-order valence-electron chi connectivity index (χ1n) is 9.27. The fraction of sp³-hybridized carbons (Fsp3) is 0.650. The van der Waals surface area contributed by atoms with Crippen molar-refractivity contribution in [2.24, 2.45) is 0 Å². The Balaban J connectivity index is 1.91. The Bertz CT molecular complexity index is 414. The van der Waals surface area contributed by atoms with Crippen LogP contribution < -0.4 is 5.32 Å². The van der Waals surface area contributed by atoms with Crippen molar-refractivity contribution in [3.63, 3.8) is 0 Å². The number of carbonyl (C=O) groups is 1. The molecule has 1 aromatic rings. The minimum atomic E-state index is 0.159. The second-order valence-electron chi connectivity index (χ2n) is 6.34. The topological polar surface area (TPSA) is 49.3 Å². The molecule has 1 rings (SSSR count). The number of aromatic hydroxyl groups is 1. The van der Waals surface area contributed by atoms with E-state index in [1.807, 2.05) is 12.1 Å². The van der Waals surface area contributed by atoms with E-state index in [1.165, 1.54) is 51.4 Å². The van der Waals surface area contributed by atoms with E-state index in [9.17, 15) is 9.90 Å². The van der Waals surface area contributed by atoms with Gasteiger partial charge in [0.1, 0.15) is 5.75 Å². The lowest BCUT2D eigenvalue weighted by Gasteiger charge is -2.06. The maximum Gasteiger partial charge on any atom is 0.220 e. The van der Waals surface area contributed by atoms with Crippen molar-refractivity contribution in [3.8, 4) is 5.75 Å². The average molecular weight is 319 g/mol. The molecule has 0 spiro atoms. The van der Waals surface area contributed by atoms with Crippen molar-refractivity contribution in [2.45, 2.75) is 77.6 Å². The third-order valence-electron chi connectivity index (χ3n) is 4.18. The highest BCUT2D eigenvalue weighted by molar-refractivity contribution is 5.75. The lowest BCUT2D eigenvalue weighted by Crippen LogP contribution is -2.25. The highest BCUT2D eigenvalue weighted by atomic mass is 16.3. The summed E-state index contributed by atoms with van der Waals surface area (Å²) in [7, 11) is 0. The minimum Gasteiger partial charge on any atom is -0.508 e. The number of phenolic OH excluding ortho intramolecular Hbond substituents is 1. The first-order chi connectivity index (χ1) is 11.2. The van der Waals surface area contributed by atoms with Crippen LogP contribution in [0.1, 0.15) is 76.7 Å². The highest BCUT2D eigenvalue weighted by Gasteiger charge is 2.01. The normalized spacial score (nSPS) is 10.7. The van der Waals surface area contributed by atoms with E-state index in [0.29, 0.717) is 13.0 Å². The molecule has 0 bridgehead atoms. The number of unbranched alkanes of at least 4 members (excludes halogenated alkanes) is 8. The summed E-state index contributed by atoms with van der Waals surface area (Å²) in [6.07, 6.45) is 12.9. The van der Waals surface area contributed by atoms with Gasteiger partial charge in [0.2, 0.25) is 5.91 Å². The van der Waals surface area contributed by atoms with Crippen molar-refractivity contribution >= 4 is 5.91 Å². The molecule has 0 fully saturated rings. The van der Waals surface area contributed by atoms with Gasteiger partial charge in [0.05, 0.1) is 0 Å². The molecular weight excluding hydrogens is 286 g/mol. The van der Waals surface area contributed by atoms with Gasteiger partial charge in [-0.1, -0.05) is 70.4 Å². The summed E-state index contributed by atoms with van der Waals surface area (Å²) >= 11 is 0. The lowest BCUT2D eigenvalue weighted by atomic mass is 10.1. The maximum atomic E-state index is 11.7. The molecular formula is C20H33NO2. The van der Waals surface area contributed by atoms with Crippen LogP contribution in [0.5, 0.6) is 5.75 Å². The molecule has 0 unspecified atom stereocenters. The van der Waals surface area contributed by atoms with E-state index in [-0.39, 0.29) is 11.7 Å². The highest BCUT2D eigenvalue weighted by Crippen LogP contribution is 2.11. The van der Waals surface area contributed by atoms with E-state index < -0.39 is 0 Å². The van der Waals surface area contributed by atoms with Gasteiger partial charge in [-0.25, -0.2) is 0 Å². The molecule has 23 heavy (non-hydrogen) atoms. The number of hydrogen-bond acceptors (Lipinski definition) is 2.